The van der Waals surface area contributed by atoms with Gasteiger partial charge in [0.2, 0.25) is 0 Å². The second kappa shape index (κ2) is 9.96. The molecule has 0 saturated carbocycles. The van der Waals surface area contributed by atoms with Crippen molar-refractivity contribution >= 4 is 28.2 Å². The Labute approximate surface area is 196 Å². The largest absolute Gasteiger partial charge is 0.360 e. The fraction of sp³-hybridized carbons (Fsp3) is 0.280. The van der Waals surface area contributed by atoms with Crippen molar-refractivity contribution in [3.8, 4) is 0 Å². The van der Waals surface area contributed by atoms with E-state index in [4.69, 9.17) is 5.53 Å². The predicted octanol–water partition coefficient (Wildman–Crippen LogP) is 4.27. The number of aromatic amines is 1. The number of carbonyl (C=O) groups excluding carboxylic acids is 1. The van der Waals surface area contributed by atoms with Crippen LogP contribution in [0.4, 0.5) is 10.1 Å². The summed E-state index contributed by atoms with van der Waals surface area (Å²) in [4.78, 5) is 32.0. The summed E-state index contributed by atoms with van der Waals surface area (Å²) in [5, 5.41) is 7.13. The number of likely N-dealkylation sites (tertiary alicyclic amines) is 1. The van der Waals surface area contributed by atoms with Crippen molar-refractivity contribution in [1.29, 1.82) is 5.53 Å². The number of halogens is 1. The summed E-state index contributed by atoms with van der Waals surface area (Å²) in [6.45, 7) is 1.48. The zero-order valence-corrected chi connectivity index (χ0v) is 19.1. The summed E-state index contributed by atoms with van der Waals surface area (Å²) in [7, 11) is 4.07. The number of amides is 1. The lowest BCUT2D eigenvalue weighted by Crippen LogP contribution is -2.47. The van der Waals surface area contributed by atoms with Crippen LogP contribution in [0.1, 0.15) is 28.8 Å². The summed E-state index contributed by atoms with van der Waals surface area (Å²) >= 11 is 0. The molecule has 1 aromatic heterocycles. The second-order valence-corrected chi connectivity index (χ2v) is 8.62. The molecular weight excluding hydrogens is 435 g/mol. The molecule has 1 fully saturated rings. The van der Waals surface area contributed by atoms with Gasteiger partial charge in [-0.3, -0.25) is 9.59 Å². The van der Waals surface area contributed by atoms with Crippen LogP contribution in [0.25, 0.3) is 16.6 Å². The third-order valence-corrected chi connectivity index (χ3v) is 6.13. The van der Waals surface area contributed by atoms with Gasteiger partial charge in [0.25, 0.3) is 11.5 Å². The number of nitrogens with zero attached hydrogens (tertiary/aromatic N) is 3. The van der Waals surface area contributed by atoms with Crippen LogP contribution in [-0.2, 0) is 0 Å². The van der Waals surface area contributed by atoms with Gasteiger partial charge in [0, 0.05) is 36.6 Å². The first-order chi connectivity index (χ1) is 16.4. The normalized spacial score (nSPS) is 16.6. The molecule has 3 aromatic rings. The SMILES string of the molecule is CN(C)[C@H]1CCCN(C(=O)c2ccc(N/C=C(\N=N)c3cc4ccc(F)cc4[nH]c3=O)cc2)C1. The Morgan fingerprint density at radius 3 is 2.71 bits per heavy atom. The lowest BCUT2D eigenvalue weighted by Gasteiger charge is -2.36. The summed E-state index contributed by atoms with van der Waals surface area (Å²) in [5.74, 6) is -0.437. The van der Waals surface area contributed by atoms with Crippen LogP contribution < -0.4 is 10.9 Å². The Bertz CT molecular complexity index is 1300. The summed E-state index contributed by atoms with van der Waals surface area (Å²) in [5.41, 5.74) is 9.00. The zero-order valence-electron chi connectivity index (χ0n) is 19.1. The number of hydrogen-bond donors (Lipinski definition) is 3. The molecule has 3 N–H and O–H groups in total. The summed E-state index contributed by atoms with van der Waals surface area (Å²) in [6, 6.07) is 13.1. The van der Waals surface area contributed by atoms with Gasteiger partial charge in [0.15, 0.2) is 0 Å². The van der Waals surface area contributed by atoms with E-state index < -0.39 is 11.4 Å². The van der Waals surface area contributed by atoms with E-state index in [9.17, 15) is 14.0 Å². The Hall–Kier alpha value is -3.85. The molecular formula is C25H27FN6O2. The Balaban J connectivity index is 1.49. The van der Waals surface area contributed by atoms with Crippen LogP contribution in [0.5, 0.6) is 0 Å². The van der Waals surface area contributed by atoms with E-state index in [1.807, 2.05) is 19.0 Å². The van der Waals surface area contributed by atoms with Gasteiger partial charge in [0.05, 0.1) is 11.1 Å². The third-order valence-electron chi connectivity index (χ3n) is 6.13. The minimum Gasteiger partial charge on any atom is -0.360 e. The van der Waals surface area contributed by atoms with Crippen LogP contribution in [0, 0.1) is 11.3 Å². The Kier molecular flexibility index (Phi) is 6.83. The van der Waals surface area contributed by atoms with E-state index in [2.05, 4.69) is 20.3 Å². The molecule has 0 unspecified atom stereocenters. The lowest BCUT2D eigenvalue weighted by molar-refractivity contribution is 0.0635. The van der Waals surface area contributed by atoms with E-state index in [1.54, 1.807) is 36.4 Å². The molecule has 1 aliphatic rings. The highest BCUT2D eigenvalue weighted by atomic mass is 19.1. The number of likely N-dealkylation sites (N-methyl/N-ethyl adjacent to an activating group) is 1. The number of hydrogen-bond acceptors (Lipinski definition) is 6. The van der Waals surface area contributed by atoms with Crippen LogP contribution >= 0.6 is 0 Å². The molecule has 2 aromatic carbocycles. The van der Waals surface area contributed by atoms with Gasteiger partial charge < -0.3 is 20.1 Å². The van der Waals surface area contributed by atoms with E-state index in [0.717, 1.165) is 25.9 Å². The van der Waals surface area contributed by atoms with E-state index in [-0.39, 0.29) is 17.2 Å². The van der Waals surface area contributed by atoms with Crippen molar-refractivity contribution < 1.29 is 9.18 Å². The first kappa shape index (κ1) is 23.3. The number of H-pyrrole nitrogens is 1. The number of benzene rings is 2. The average Bonchev–Trinajstić information content (AvgIpc) is 2.84. The number of nitrogens with one attached hydrogen (secondary N) is 3. The molecule has 1 amide bonds. The molecule has 8 nitrogen and oxygen atoms in total. The summed E-state index contributed by atoms with van der Waals surface area (Å²) < 4.78 is 13.4. The maximum absolute atomic E-state index is 13.4. The maximum atomic E-state index is 13.4. The maximum Gasteiger partial charge on any atom is 0.258 e. The number of anilines is 1. The predicted molar refractivity (Wildman–Crippen MR) is 130 cm³/mol. The average molecular weight is 463 g/mol. The molecule has 2 heterocycles. The standard InChI is InChI=1S/C25H27FN6O2/c1-31(2)20-4-3-11-32(15-20)25(34)16-6-9-19(10-7-16)28-14-23(30-27)21-12-17-5-8-18(26)13-22(17)29-24(21)33/h5-10,12-14,20,27-28H,3-4,11,15H2,1-2H3,(H,29,33)/b23-14-,30-27?/t20-/m0/s1. The van der Waals surface area contributed by atoms with Crippen LogP contribution in [0.2, 0.25) is 0 Å². The minimum absolute atomic E-state index is 0.00891. The molecule has 0 radical (unpaired) electrons. The molecule has 176 valence electrons. The number of pyridine rings is 1. The molecule has 0 spiro atoms. The Morgan fingerprint density at radius 1 is 1.24 bits per heavy atom. The number of fused-ring (bicyclic) bond motifs is 1. The van der Waals surface area contributed by atoms with Crippen molar-refractivity contribution in [3.05, 3.63) is 82.0 Å². The van der Waals surface area contributed by atoms with Crippen molar-refractivity contribution in [1.82, 2.24) is 14.8 Å². The number of piperidine rings is 1. The highest BCUT2D eigenvalue weighted by molar-refractivity contribution is 5.94. The highest BCUT2D eigenvalue weighted by Gasteiger charge is 2.25. The van der Waals surface area contributed by atoms with Gasteiger partial charge >= 0.3 is 0 Å². The van der Waals surface area contributed by atoms with Gasteiger partial charge in [-0.1, -0.05) is 0 Å². The lowest BCUT2D eigenvalue weighted by atomic mass is 10.0. The number of aromatic nitrogens is 1. The van der Waals surface area contributed by atoms with E-state index in [1.165, 1.54) is 18.3 Å². The van der Waals surface area contributed by atoms with Crippen molar-refractivity contribution in [2.45, 2.75) is 18.9 Å². The van der Waals surface area contributed by atoms with Crippen LogP contribution in [-0.4, -0.2) is 53.9 Å². The minimum atomic E-state index is -0.472. The van der Waals surface area contributed by atoms with Crippen LogP contribution in [0.3, 0.4) is 0 Å². The third kappa shape index (κ3) is 5.04. The first-order valence-electron chi connectivity index (χ1n) is 11.1. The summed E-state index contributed by atoms with van der Waals surface area (Å²) in [6.07, 6.45) is 3.53. The smallest absolute Gasteiger partial charge is 0.258 e. The Morgan fingerprint density at radius 2 is 2.00 bits per heavy atom. The van der Waals surface area contributed by atoms with Gasteiger partial charge in [-0.15, -0.1) is 0 Å². The molecule has 9 heteroatoms. The fourth-order valence-corrected chi connectivity index (χ4v) is 4.14. The zero-order chi connectivity index (χ0) is 24.2. The monoisotopic (exact) mass is 462 g/mol. The second-order valence-electron chi connectivity index (χ2n) is 8.62. The molecule has 0 aliphatic carbocycles. The molecule has 1 aliphatic heterocycles. The van der Waals surface area contributed by atoms with Crippen molar-refractivity contribution in [2.24, 2.45) is 5.11 Å². The quantitative estimate of drug-likeness (QED) is 0.476. The number of carbonyl (C=O) groups is 1. The van der Waals surface area contributed by atoms with Crippen molar-refractivity contribution in [3.63, 3.8) is 0 Å². The molecule has 34 heavy (non-hydrogen) atoms. The van der Waals surface area contributed by atoms with Gasteiger partial charge in [-0.25, -0.2) is 9.92 Å². The fourth-order valence-electron chi connectivity index (χ4n) is 4.14. The molecule has 0 bridgehead atoms. The van der Waals surface area contributed by atoms with Crippen molar-refractivity contribution in [2.75, 3.05) is 32.5 Å². The molecule has 1 atom stereocenters. The number of rotatable bonds is 6. The highest BCUT2D eigenvalue weighted by Crippen LogP contribution is 2.20. The van der Waals surface area contributed by atoms with Gasteiger partial charge in [0.1, 0.15) is 11.5 Å². The van der Waals surface area contributed by atoms with Crippen LogP contribution in [0.15, 0.2) is 64.6 Å². The molecule has 1 saturated heterocycles. The molecule has 4 rings (SSSR count). The first-order valence-corrected chi connectivity index (χ1v) is 11.1. The van der Waals surface area contributed by atoms with E-state index in [0.29, 0.717) is 28.2 Å². The van der Waals surface area contributed by atoms with Gasteiger partial charge in [-0.2, -0.15) is 5.11 Å². The topological polar surface area (TPSA) is 105 Å². The van der Waals surface area contributed by atoms with E-state index >= 15 is 0 Å². The van der Waals surface area contributed by atoms with Gasteiger partial charge in [-0.05, 0) is 80.9 Å².